The van der Waals surface area contributed by atoms with Gasteiger partial charge in [-0.1, -0.05) is 19.1 Å². The number of aliphatic hydroxyl groups excluding tert-OH is 1. The number of hydrogen-bond acceptors (Lipinski definition) is 2. The molecule has 2 aromatic rings. The van der Waals surface area contributed by atoms with Crippen LogP contribution in [0.2, 0.25) is 0 Å². The lowest BCUT2D eigenvalue weighted by molar-refractivity contribution is -0.137. The normalized spacial score (nSPS) is 14.2. The van der Waals surface area contributed by atoms with Gasteiger partial charge in [0.15, 0.2) is 0 Å². The molecule has 0 spiro atoms. The number of H-pyrrole nitrogens is 1. The minimum atomic E-state index is -4.42. The van der Waals surface area contributed by atoms with Crippen molar-refractivity contribution >= 4 is 5.91 Å². The Balaban J connectivity index is 2.12. The first-order valence-electron chi connectivity index (χ1n) is 7.54. The van der Waals surface area contributed by atoms with E-state index in [9.17, 15) is 23.1 Å². The first-order chi connectivity index (χ1) is 11.2. The van der Waals surface area contributed by atoms with Crippen molar-refractivity contribution in [2.45, 2.75) is 38.6 Å². The van der Waals surface area contributed by atoms with E-state index in [1.165, 1.54) is 12.1 Å². The number of aliphatic hydroxyl groups is 1. The highest BCUT2D eigenvalue weighted by atomic mass is 19.4. The standard InChI is InChI=1S/C17H19F3N2O2/c1-3-14(22-16(24)13-8-9-21-10(13)2)15(23)11-4-6-12(7-5-11)17(18,19)20/h4-9,14-15,21,23H,3H2,1-2H3,(H,22,24)/t14-,15+/m1/s1. The highest BCUT2D eigenvalue weighted by Crippen LogP contribution is 2.30. The Bertz CT molecular complexity index is 693. The fraction of sp³-hybridized carbons (Fsp3) is 0.353. The lowest BCUT2D eigenvalue weighted by Crippen LogP contribution is -2.39. The maximum absolute atomic E-state index is 12.6. The van der Waals surface area contributed by atoms with E-state index >= 15 is 0 Å². The van der Waals surface area contributed by atoms with E-state index in [1.807, 2.05) is 0 Å². The summed E-state index contributed by atoms with van der Waals surface area (Å²) < 4.78 is 37.8. The van der Waals surface area contributed by atoms with Gasteiger partial charge in [-0.15, -0.1) is 0 Å². The third kappa shape index (κ3) is 3.97. The highest BCUT2D eigenvalue weighted by Gasteiger charge is 2.30. The Hall–Kier alpha value is -2.28. The van der Waals surface area contributed by atoms with Crippen LogP contribution in [-0.2, 0) is 6.18 Å². The third-order valence-corrected chi connectivity index (χ3v) is 3.92. The zero-order valence-electron chi connectivity index (χ0n) is 13.3. The maximum Gasteiger partial charge on any atom is 0.416 e. The van der Waals surface area contributed by atoms with Gasteiger partial charge in [0.1, 0.15) is 0 Å². The van der Waals surface area contributed by atoms with Gasteiger partial charge in [-0.2, -0.15) is 13.2 Å². The number of carbonyl (C=O) groups excluding carboxylic acids is 1. The van der Waals surface area contributed by atoms with Crippen LogP contribution in [0.4, 0.5) is 13.2 Å². The van der Waals surface area contributed by atoms with E-state index in [-0.39, 0.29) is 5.91 Å². The molecule has 1 amide bonds. The highest BCUT2D eigenvalue weighted by molar-refractivity contribution is 5.95. The van der Waals surface area contributed by atoms with E-state index in [1.54, 1.807) is 26.1 Å². The average molecular weight is 340 g/mol. The Morgan fingerprint density at radius 2 is 1.88 bits per heavy atom. The number of aromatic nitrogens is 1. The molecule has 0 fully saturated rings. The number of amides is 1. The van der Waals surface area contributed by atoms with Gasteiger partial charge >= 0.3 is 6.18 Å². The Labute approximate surface area is 137 Å². The monoisotopic (exact) mass is 340 g/mol. The SMILES string of the molecule is CC[C@@H](NC(=O)c1cc[nH]c1C)[C@@H](O)c1ccc(C(F)(F)F)cc1. The summed E-state index contributed by atoms with van der Waals surface area (Å²) in [6, 6.07) is 5.31. The molecule has 0 unspecified atom stereocenters. The first-order valence-corrected chi connectivity index (χ1v) is 7.54. The van der Waals surface area contributed by atoms with Gasteiger partial charge in [0.05, 0.1) is 23.3 Å². The summed E-state index contributed by atoms with van der Waals surface area (Å²) >= 11 is 0. The van der Waals surface area contributed by atoms with E-state index in [0.29, 0.717) is 23.2 Å². The molecule has 0 saturated heterocycles. The van der Waals surface area contributed by atoms with Gasteiger partial charge in [-0.05, 0) is 37.1 Å². The summed E-state index contributed by atoms with van der Waals surface area (Å²) in [6.45, 7) is 3.53. The molecule has 0 bridgehead atoms. The summed E-state index contributed by atoms with van der Waals surface area (Å²) in [5.74, 6) is -0.341. The van der Waals surface area contributed by atoms with E-state index in [4.69, 9.17) is 0 Å². The number of alkyl halides is 3. The third-order valence-electron chi connectivity index (χ3n) is 3.92. The van der Waals surface area contributed by atoms with Gasteiger partial charge in [-0.3, -0.25) is 4.79 Å². The van der Waals surface area contributed by atoms with E-state index in [0.717, 1.165) is 12.1 Å². The zero-order chi connectivity index (χ0) is 17.9. The number of hydrogen-bond donors (Lipinski definition) is 3. The summed E-state index contributed by atoms with van der Waals surface area (Å²) in [5.41, 5.74) is 0.707. The number of benzene rings is 1. The van der Waals surface area contributed by atoms with Crippen molar-refractivity contribution in [2.24, 2.45) is 0 Å². The molecule has 1 heterocycles. The van der Waals surface area contributed by atoms with E-state index < -0.39 is 23.9 Å². The van der Waals surface area contributed by atoms with Crippen LogP contribution in [-0.4, -0.2) is 22.0 Å². The van der Waals surface area contributed by atoms with Gasteiger partial charge in [0.2, 0.25) is 0 Å². The summed E-state index contributed by atoms with van der Waals surface area (Å²) in [6.07, 6.45) is -3.46. The van der Waals surface area contributed by atoms with Gasteiger partial charge in [0.25, 0.3) is 5.91 Å². The second kappa shape index (κ2) is 7.09. The topological polar surface area (TPSA) is 65.1 Å². The Kier molecular flexibility index (Phi) is 5.33. The number of rotatable bonds is 5. The molecule has 24 heavy (non-hydrogen) atoms. The van der Waals surface area contributed by atoms with Crippen molar-refractivity contribution in [1.29, 1.82) is 0 Å². The molecule has 4 nitrogen and oxygen atoms in total. The molecule has 1 aromatic carbocycles. The second-order valence-electron chi connectivity index (χ2n) is 5.57. The molecule has 0 radical (unpaired) electrons. The molecule has 2 rings (SSSR count). The quantitative estimate of drug-likeness (QED) is 0.779. The molecular formula is C17H19F3N2O2. The van der Waals surface area contributed by atoms with Crippen molar-refractivity contribution in [3.05, 3.63) is 58.9 Å². The lowest BCUT2D eigenvalue weighted by Gasteiger charge is -2.23. The predicted molar refractivity (Wildman–Crippen MR) is 83.5 cm³/mol. The molecule has 0 aliphatic heterocycles. The van der Waals surface area contributed by atoms with Gasteiger partial charge < -0.3 is 15.4 Å². The summed E-state index contributed by atoms with van der Waals surface area (Å²) in [4.78, 5) is 15.1. The van der Waals surface area contributed by atoms with Crippen LogP contribution in [0.25, 0.3) is 0 Å². The molecule has 7 heteroatoms. The van der Waals surface area contributed by atoms with E-state index in [2.05, 4.69) is 10.3 Å². The Morgan fingerprint density at radius 1 is 1.25 bits per heavy atom. The van der Waals surface area contributed by atoms with Crippen LogP contribution in [0.3, 0.4) is 0 Å². The van der Waals surface area contributed by atoms with Crippen molar-refractivity contribution in [2.75, 3.05) is 0 Å². The number of aryl methyl sites for hydroxylation is 1. The predicted octanol–water partition coefficient (Wildman–Crippen LogP) is 3.58. The maximum atomic E-state index is 12.6. The fourth-order valence-electron chi connectivity index (χ4n) is 2.45. The minimum absolute atomic E-state index is 0.320. The van der Waals surface area contributed by atoms with Crippen LogP contribution in [0, 0.1) is 6.92 Å². The summed E-state index contributed by atoms with van der Waals surface area (Å²) in [5, 5.41) is 13.1. The number of carbonyl (C=O) groups is 1. The fourth-order valence-corrected chi connectivity index (χ4v) is 2.45. The molecule has 130 valence electrons. The van der Waals surface area contributed by atoms with Crippen LogP contribution in [0.5, 0.6) is 0 Å². The van der Waals surface area contributed by atoms with Gasteiger partial charge in [-0.25, -0.2) is 0 Å². The molecular weight excluding hydrogens is 321 g/mol. The molecule has 0 saturated carbocycles. The smallest absolute Gasteiger partial charge is 0.386 e. The van der Waals surface area contributed by atoms with Crippen LogP contribution in [0.15, 0.2) is 36.5 Å². The minimum Gasteiger partial charge on any atom is -0.386 e. The summed E-state index contributed by atoms with van der Waals surface area (Å²) in [7, 11) is 0. The molecule has 0 aliphatic rings. The van der Waals surface area contributed by atoms with Gasteiger partial charge in [0, 0.05) is 11.9 Å². The Morgan fingerprint density at radius 3 is 2.33 bits per heavy atom. The van der Waals surface area contributed by atoms with Crippen molar-refractivity contribution in [3.63, 3.8) is 0 Å². The molecule has 3 N–H and O–H groups in total. The second-order valence-corrected chi connectivity index (χ2v) is 5.57. The number of halogens is 3. The first kappa shape index (κ1) is 18.1. The average Bonchev–Trinajstić information content (AvgIpc) is 2.97. The zero-order valence-corrected chi connectivity index (χ0v) is 13.3. The van der Waals surface area contributed by atoms with Crippen molar-refractivity contribution < 1.29 is 23.1 Å². The van der Waals surface area contributed by atoms with Crippen LogP contribution >= 0.6 is 0 Å². The lowest BCUT2D eigenvalue weighted by atomic mass is 9.98. The van der Waals surface area contributed by atoms with Crippen LogP contribution < -0.4 is 5.32 Å². The van der Waals surface area contributed by atoms with Crippen LogP contribution in [0.1, 0.15) is 46.6 Å². The number of nitrogens with one attached hydrogen (secondary N) is 2. The number of aromatic amines is 1. The van der Waals surface area contributed by atoms with Crippen molar-refractivity contribution in [3.8, 4) is 0 Å². The molecule has 0 aliphatic carbocycles. The largest absolute Gasteiger partial charge is 0.416 e. The molecule has 2 atom stereocenters. The van der Waals surface area contributed by atoms with Crippen molar-refractivity contribution in [1.82, 2.24) is 10.3 Å². The molecule has 1 aromatic heterocycles.